The highest BCUT2D eigenvalue weighted by Crippen LogP contribution is 2.14. The largest absolute Gasteiger partial charge is 0.272 e. The zero-order chi connectivity index (χ0) is 13.9. The lowest BCUT2D eigenvalue weighted by molar-refractivity contribution is 1.01. The highest BCUT2D eigenvalue weighted by molar-refractivity contribution is 5.84. The molecule has 3 rings (SSSR count). The van der Waals surface area contributed by atoms with Crippen LogP contribution in [0.3, 0.4) is 0 Å². The number of fused-ring (bicyclic) bond motifs is 1. The summed E-state index contributed by atoms with van der Waals surface area (Å²) in [6.45, 7) is 2.07. The molecular formula is C17H14N2O. The Kier molecular flexibility index (Phi) is 3.17. The molecule has 3 nitrogen and oxygen atoms in total. The van der Waals surface area contributed by atoms with Gasteiger partial charge in [0.05, 0.1) is 11.6 Å². The van der Waals surface area contributed by atoms with E-state index in [1.165, 1.54) is 5.56 Å². The summed E-state index contributed by atoms with van der Waals surface area (Å²) < 4.78 is 0. The van der Waals surface area contributed by atoms with E-state index < -0.39 is 0 Å². The number of aromatic nitrogens is 2. The van der Waals surface area contributed by atoms with Crippen molar-refractivity contribution in [3.8, 4) is 0 Å². The Balaban J connectivity index is 1.95. The number of nitrogens with one attached hydrogen (secondary N) is 1. The van der Waals surface area contributed by atoms with E-state index in [4.69, 9.17) is 0 Å². The number of benzene rings is 2. The van der Waals surface area contributed by atoms with Gasteiger partial charge in [0.2, 0.25) is 0 Å². The van der Waals surface area contributed by atoms with Crippen LogP contribution in [0, 0.1) is 6.92 Å². The quantitative estimate of drug-likeness (QED) is 0.719. The van der Waals surface area contributed by atoms with Crippen LogP contribution in [0.25, 0.3) is 22.9 Å². The van der Waals surface area contributed by atoms with Crippen molar-refractivity contribution in [2.24, 2.45) is 0 Å². The molecule has 1 heterocycles. The fraction of sp³-hybridized carbons (Fsp3) is 0.0588. The molecule has 0 aliphatic heterocycles. The summed E-state index contributed by atoms with van der Waals surface area (Å²) in [5.74, 6) is 0. The fourth-order valence-electron chi connectivity index (χ4n) is 2.09. The Hall–Kier alpha value is -2.68. The van der Waals surface area contributed by atoms with Crippen molar-refractivity contribution in [2.45, 2.75) is 6.92 Å². The topological polar surface area (TPSA) is 45.8 Å². The lowest BCUT2D eigenvalue weighted by atomic mass is 10.1. The second-order valence-corrected chi connectivity index (χ2v) is 4.79. The van der Waals surface area contributed by atoms with Crippen LogP contribution >= 0.6 is 0 Å². The summed E-state index contributed by atoms with van der Waals surface area (Å²) in [4.78, 5) is 11.6. The maximum absolute atomic E-state index is 11.6. The third-order valence-electron chi connectivity index (χ3n) is 3.24. The molecule has 0 aliphatic rings. The molecule has 0 saturated heterocycles. The monoisotopic (exact) mass is 262 g/mol. The number of H-pyrrole nitrogens is 1. The maximum atomic E-state index is 11.6. The standard InChI is InChI=1S/C17H14N2O/c1-12-2-4-13(5-3-12)6-7-14-8-9-16-15(10-14)11-18-19-17(16)20/h2-11H,1H3,(H,19,20). The molecule has 3 heteroatoms. The van der Waals surface area contributed by atoms with Gasteiger partial charge in [-0.25, -0.2) is 5.10 Å². The molecule has 1 N–H and O–H groups in total. The van der Waals surface area contributed by atoms with Crippen molar-refractivity contribution < 1.29 is 0 Å². The van der Waals surface area contributed by atoms with Gasteiger partial charge in [-0.05, 0) is 30.2 Å². The van der Waals surface area contributed by atoms with Crippen molar-refractivity contribution in [3.63, 3.8) is 0 Å². The van der Waals surface area contributed by atoms with Gasteiger partial charge in [0.15, 0.2) is 0 Å². The first-order valence-corrected chi connectivity index (χ1v) is 6.44. The smallest absolute Gasteiger partial charge is 0.267 e. The third kappa shape index (κ3) is 2.52. The van der Waals surface area contributed by atoms with E-state index in [9.17, 15) is 4.79 Å². The van der Waals surface area contributed by atoms with Gasteiger partial charge in [0.25, 0.3) is 5.56 Å². The van der Waals surface area contributed by atoms with Crippen LogP contribution < -0.4 is 5.56 Å². The highest BCUT2D eigenvalue weighted by Gasteiger charge is 1.98. The van der Waals surface area contributed by atoms with Crippen molar-refractivity contribution in [1.29, 1.82) is 0 Å². The maximum Gasteiger partial charge on any atom is 0.272 e. The van der Waals surface area contributed by atoms with Crippen LogP contribution in [0.5, 0.6) is 0 Å². The van der Waals surface area contributed by atoms with E-state index in [2.05, 4.69) is 47.5 Å². The lowest BCUT2D eigenvalue weighted by Crippen LogP contribution is -2.06. The number of nitrogens with zero attached hydrogens (tertiary/aromatic N) is 1. The minimum absolute atomic E-state index is 0.156. The summed E-state index contributed by atoms with van der Waals surface area (Å²) in [5, 5.41) is 7.76. The molecule has 1 aromatic heterocycles. The molecule has 0 unspecified atom stereocenters. The Morgan fingerprint density at radius 1 is 1.00 bits per heavy atom. The molecule has 3 aromatic rings. The molecule has 0 saturated carbocycles. The number of aryl methyl sites for hydroxylation is 1. The molecule has 20 heavy (non-hydrogen) atoms. The molecule has 0 spiro atoms. The van der Waals surface area contributed by atoms with Crippen LogP contribution in [0.2, 0.25) is 0 Å². The van der Waals surface area contributed by atoms with Crippen molar-refractivity contribution in [3.05, 3.63) is 75.7 Å². The number of aromatic amines is 1. The molecule has 0 radical (unpaired) electrons. The van der Waals surface area contributed by atoms with Crippen molar-refractivity contribution in [2.75, 3.05) is 0 Å². The summed E-state index contributed by atoms with van der Waals surface area (Å²) in [6.07, 6.45) is 5.76. The Bertz CT molecular complexity index is 829. The summed E-state index contributed by atoms with van der Waals surface area (Å²) in [7, 11) is 0. The Labute approximate surface area is 116 Å². The van der Waals surface area contributed by atoms with Gasteiger partial charge in [0.1, 0.15) is 0 Å². The zero-order valence-electron chi connectivity index (χ0n) is 11.1. The first-order chi connectivity index (χ1) is 9.72. The number of hydrogen-bond donors (Lipinski definition) is 1. The molecule has 2 aromatic carbocycles. The van der Waals surface area contributed by atoms with E-state index in [1.54, 1.807) is 6.20 Å². The molecular weight excluding hydrogens is 248 g/mol. The Morgan fingerprint density at radius 3 is 2.50 bits per heavy atom. The SMILES string of the molecule is Cc1ccc(C=Cc2ccc3c(=O)[nH]ncc3c2)cc1. The van der Waals surface area contributed by atoms with Crippen LogP contribution in [-0.2, 0) is 0 Å². The highest BCUT2D eigenvalue weighted by atomic mass is 16.1. The van der Waals surface area contributed by atoms with Gasteiger partial charge in [-0.2, -0.15) is 5.10 Å². The van der Waals surface area contributed by atoms with E-state index in [-0.39, 0.29) is 5.56 Å². The van der Waals surface area contributed by atoms with Crippen molar-refractivity contribution >= 4 is 22.9 Å². The lowest BCUT2D eigenvalue weighted by Gasteiger charge is -1.99. The van der Waals surface area contributed by atoms with E-state index >= 15 is 0 Å². The van der Waals surface area contributed by atoms with Gasteiger partial charge in [-0.1, -0.05) is 48.0 Å². The minimum atomic E-state index is -0.156. The number of rotatable bonds is 2. The predicted molar refractivity (Wildman–Crippen MR) is 82.5 cm³/mol. The Morgan fingerprint density at radius 2 is 1.70 bits per heavy atom. The average molecular weight is 262 g/mol. The van der Waals surface area contributed by atoms with E-state index in [0.29, 0.717) is 5.39 Å². The normalized spacial score (nSPS) is 11.2. The van der Waals surface area contributed by atoms with Gasteiger partial charge in [-0.3, -0.25) is 4.79 Å². The zero-order valence-corrected chi connectivity index (χ0v) is 11.1. The van der Waals surface area contributed by atoms with Gasteiger partial charge in [-0.15, -0.1) is 0 Å². The molecule has 0 amide bonds. The number of hydrogen-bond acceptors (Lipinski definition) is 2. The summed E-state index contributed by atoms with van der Waals surface area (Å²) in [6, 6.07) is 14.1. The van der Waals surface area contributed by atoms with Crippen LogP contribution in [-0.4, -0.2) is 10.2 Å². The molecule has 0 atom stereocenters. The van der Waals surface area contributed by atoms with Gasteiger partial charge >= 0.3 is 0 Å². The molecule has 0 fully saturated rings. The van der Waals surface area contributed by atoms with Crippen LogP contribution in [0.4, 0.5) is 0 Å². The van der Waals surface area contributed by atoms with Gasteiger partial charge < -0.3 is 0 Å². The molecule has 0 bridgehead atoms. The first kappa shape index (κ1) is 12.4. The summed E-state index contributed by atoms with van der Waals surface area (Å²) >= 11 is 0. The van der Waals surface area contributed by atoms with Gasteiger partial charge in [0, 0.05) is 5.39 Å². The molecule has 0 aliphatic carbocycles. The summed E-state index contributed by atoms with van der Waals surface area (Å²) in [5.41, 5.74) is 3.29. The van der Waals surface area contributed by atoms with E-state index in [1.807, 2.05) is 24.3 Å². The molecule has 98 valence electrons. The second kappa shape index (κ2) is 5.13. The van der Waals surface area contributed by atoms with E-state index in [0.717, 1.165) is 16.5 Å². The van der Waals surface area contributed by atoms with Crippen molar-refractivity contribution in [1.82, 2.24) is 10.2 Å². The van der Waals surface area contributed by atoms with Crippen LogP contribution in [0.15, 0.2) is 53.5 Å². The third-order valence-corrected chi connectivity index (χ3v) is 3.24. The predicted octanol–water partition coefficient (Wildman–Crippen LogP) is 3.40. The average Bonchev–Trinajstić information content (AvgIpc) is 2.47. The minimum Gasteiger partial charge on any atom is -0.267 e. The second-order valence-electron chi connectivity index (χ2n) is 4.79. The first-order valence-electron chi connectivity index (χ1n) is 6.44. The van der Waals surface area contributed by atoms with Crippen LogP contribution in [0.1, 0.15) is 16.7 Å². The fourth-order valence-corrected chi connectivity index (χ4v) is 2.09.